The summed E-state index contributed by atoms with van der Waals surface area (Å²) in [4.78, 5) is 0. The molecule has 0 aliphatic rings. The monoisotopic (exact) mass is 931 g/mol. The second-order valence-electron chi connectivity index (χ2n) is 17.5. The van der Waals surface area contributed by atoms with E-state index in [9.17, 15) is 25.9 Å². The number of hydrogen-bond donors (Lipinski definition) is 0. The quantitative estimate of drug-likeness (QED) is 0.0194. The van der Waals surface area contributed by atoms with Crippen LogP contribution in [0.5, 0.6) is 0 Å². The minimum Gasteiger partial charge on any atom is -0.726 e. The van der Waals surface area contributed by atoms with Crippen LogP contribution < -0.4 is 0 Å². The van der Waals surface area contributed by atoms with E-state index in [0.29, 0.717) is 0 Å². The topological polar surface area (TPSA) is 133 Å². The molecule has 0 amide bonds. The van der Waals surface area contributed by atoms with Crippen molar-refractivity contribution in [3.63, 3.8) is 0 Å². The third-order valence-electron chi connectivity index (χ3n) is 11.5. The van der Waals surface area contributed by atoms with Crippen LogP contribution in [-0.4, -0.2) is 76.9 Å². The Hall–Kier alpha value is 0.480. The first-order valence-electron chi connectivity index (χ1n) is 25.5. The largest absolute Gasteiger partial charge is 2.00 e. The zero-order valence-electron chi connectivity index (χ0n) is 40.5. The van der Waals surface area contributed by atoms with Crippen LogP contribution >= 0.6 is 0 Å². The summed E-state index contributed by atoms with van der Waals surface area (Å²) in [5.41, 5.74) is 0. The van der Waals surface area contributed by atoms with Crippen molar-refractivity contribution in [3.8, 4) is 0 Å². The van der Waals surface area contributed by atoms with Crippen molar-refractivity contribution in [2.75, 3.05) is 13.2 Å². The molecule has 0 radical (unpaired) electrons. The predicted octanol–water partition coefficient (Wildman–Crippen LogP) is 15.8. The Balaban J connectivity index is -0.00000109. The van der Waals surface area contributed by atoms with Crippen molar-refractivity contribution < 1.29 is 34.3 Å². The average molecular weight is 932 g/mol. The van der Waals surface area contributed by atoms with Crippen LogP contribution in [0.2, 0.25) is 0 Å². The van der Waals surface area contributed by atoms with Gasteiger partial charge in [0.05, 0.1) is 13.2 Å². The molecule has 0 saturated carbocycles. The molecule has 0 fully saturated rings. The number of allylic oxidation sites excluding steroid dienone is 2. The third kappa shape index (κ3) is 60.5. The number of unbranched alkanes of at least 4 members (excludes halogenated alkanes) is 32. The normalized spacial score (nSPS) is 13.1. The smallest absolute Gasteiger partial charge is 0.726 e. The van der Waals surface area contributed by atoms with Crippen LogP contribution in [0.4, 0.5) is 0 Å². The van der Waals surface area contributed by atoms with E-state index in [-0.39, 0.29) is 62.8 Å². The molecule has 8 nitrogen and oxygen atoms in total. The summed E-state index contributed by atoms with van der Waals surface area (Å²) >= 11 is 0. The standard InChI is InChI=1S/2C25H50O4S.Ca/c2*1-3-5-7-9-11-13-14-15-17-19-21-23-25(24-29-30(26,27)28)22-20-18-16-12-10-8-6-4-2;/h2*21,23,25H,3-20,22,24H2,1-2H3,(H,26,27,28);/q;;+2/p-2/b2*23-21+;. The predicted molar refractivity (Wildman–Crippen MR) is 260 cm³/mol. The molecule has 0 aromatic rings. The van der Waals surface area contributed by atoms with Gasteiger partial charge < -0.3 is 9.11 Å². The molecule has 2 unspecified atom stereocenters. The Morgan fingerprint density at radius 3 is 0.803 bits per heavy atom. The van der Waals surface area contributed by atoms with E-state index >= 15 is 0 Å². The van der Waals surface area contributed by atoms with Gasteiger partial charge in [0, 0.05) is 11.8 Å². The molecule has 0 aliphatic heterocycles. The van der Waals surface area contributed by atoms with Gasteiger partial charge in [-0.25, -0.2) is 16.8 Å². The van der Waals surface area contributed by atoms with Gasteiger partial charge in [-0.05, 0) is 38.5 Å². The van der Waals surface area contributed by atoms with Crippen LogP contribution in [0.3, 0.4) is 0 Å². The Morgan fingerprint density at radius 2 is 0.574 bits per heavy atom. The Bertz CT molecular complexity index is 1040. The fourth-order valence-electron chi connectivity index (χ4n) is 7.62. The van der Waals surface area contributed by atoms with E-state index in [0.717, 1.165) is 38.5 Å². The zero-order chi connectivity index (χ0) is 44.7. The minimum absolute atomic E-state index is 0. The third-order valence-corrected chi connectivity index (χ3v) is 12.3. The molecular weight excluding hydrogens is 833 g/mol. The molecule has 360 valence electrons. The molecule has 11 heteroatoms. The van der Waals surface area contributed by atoms with Gasteiger partial charge in [0.25, 0.3) is 0 Å². The van der Waals surface area contributed by atoms with E-state index in [1.165, 1.54) is 205 Å². The van der Waals surface area contributed by atoms with Gasteiger partial charge in [0.2, 0.25) is 20.8 Å². The molecule has 0 aromatic heterocycles. The molecule has 0 heterocycles. The summed E-state index contributed by atoms with van der Waals surface area (Å²) in [7, 11) is -9.21. The molecular formula is C50H98CaO8S2. The minimum atomic E-state index is -4.61. The Labute approximate surface area is 410 Å². The molecule has 2 atom stereocenters. The van der Waals surface area contributed by atoms with Crippen molar-refractivity contribution >= 4 is 58.5 Å². The van der Waals surface area contributed by atoms with Gasteiger partial charge in [-0.15, -0.1) is 0 Å². The van der Waals surface area contributed by atoms with Crippen molar-refractivity contribution in [2.45, 2.75) is 272 Å². The van der Waals surface area contributed by atoms with E-state index in [1.54, 1.807) is 0 Å². The maximum absolute atomic E-state index is 10.8. The molecule has 0 spiro atoms. The van der Waals surface area contributed by atoms with Crippen molar-refractivity contribution in [1.29, 1.82) is 0 Å². The summed E-state index contributed by atoms with van der Waals surface area (Å²) in [6, 6.07) is 0. The molecule has 0 saturated heterocycles. The molecule has 0 N–H and O–H groups in total. The van der Waals surface area contributed by atoms with Crippen LogP contribution in [0.1, 0.15) is 272 Å². The molecule has 0 rings (SSSR count). The summed E-state index contributed by atoms with van der Waals surface area (Å²) in [6.45, 7) is 8.92. The molecule has 0 aliphatic carbocycles. The zero-order valence-corrected chi connectivity index (χ0v) is 44.4. The van der Waals surface area contributed by atoms with Gasteiger partial charge in [-0.3, -0.25) is 8.37 Å². The Kier molecular flexibility index (Phi) is 55.5. The first-order valence-corrected chi connectivity index (χ1v) is 28.2. The van der Waals surface area contributed by atoms with Crippen LogP contribution in [0, 0.1) is 11.8 Å². The van der Waals surface area contributed by atoms with Gasteiger partial charge in [-0.2, -0.15) is 0 Å². The fourth-order valence-corrected chi connectivity index (χ4v) is 8.30. The molecule has 0 aromatic carbocycles. The average Bonchev–Trinajstić information content (AvgIpc) is 3.21. The van der Waals surface area contributed by atoms with E-state index in [1.807, 2.05) is 0 Å². The maximum Gasteiger partial charge on any atom is 2.00 e. The second-order valence-corrected chi connectivity index (χ2v) is 19.6. The van der Waals surface area contributed by atoms with E-state index in [4.69, 9.17) is 0 Å². The maximum atomic E-state index is 10.8. The summed E-state index contributed by atoms with van der Waals surface area (Å²) in [5, 5.41) is 0. The van der Waals surface area contributed by atoms with Crippen LogP contribution in [0.15, 0.2) is 24.3 Å². The SMILES string of the molecule is CCCCCCCCCCC/C=C/C(CCCCCCCCCC)COS(=O)(=O)[O-].CCCCCCCCCCC/C=C/C(CCCCCCCCCC)COS(=O)(=O)[O-].[Ca+2]. The van der Waals surface area contributed by atoms with Crippen molar-refractivity contribution in [3.05, 3.63) is 24.3 Å². The van der Waals surface area contributed by atoms with E-state index < -0.39 is 20.8 Å². The number of hydrogen-bond acceptors (Lipinski definition) is 8. The molecule has 61 heavy (non-hydrogen) atoms. The second kappa shape index (κ2) is 51.5. The van der Waals surface area contributed by atoms with E-state index in [2.05, 4.69) is 60.4 Å². The van der Waals surface area contributed by atoms with Crippen molar-refractivity contribution in [2.24, 2.45) is 11.8 Å². The first kappa shape index (κ1) is 65.8. The van der Waals surface area contributed by atoms with Gasteiger partial charge in [0.1, 0.15) is 0 Å². The number of rotatable bonds is 46. The Morgan fingerprint density at radius 1 is 0.361 bits per heavy atom. The van der Waals surface area contributed by atoms with Crippen molar-refractivity contribution in [1.82, 2.24) is 0 Å². The molecule has 0 bridgehead atoms. The summed E-state index contributed by atoms with van der Waals surface area (Å²) in [5.74, 6) is 0.0414. The van der Waals surface area contributed by atoms with Crippen LogP contribution in [-0.2, 0) is 29.2 Å². The van der Waals surface area contributed by atoms with Gasteiger partial charge in [0.15, 0.2) is 0 Å². The van der Waals surface area contributed by atoms with Gasteiger partial charge in [-0.1, -0.05) is 257 Å². The summed E-state index contributed by atoms with van der Waals surface area (Å²) < 4.78 is 73.8. The summed E-state index contributed by atoms with van der Waals surface area (Å²) in [6.07, 6.45) is 55.9. The fraction of sp³-hybridized carbons (Fsp3) is 0.920. The first-order chi connectivity index (χ1) is 29.0. The van der Waals surface area contributed by atoms with Crippen LogP contribution in [0.25, 0.3) is 0 Å². The van der Waals surface area contributed by atoms with Gasteiger partial charge >= 0.3 is 37.7 Å².